The number of esters is 1. The molecule has 19 heavy (non-hydrogen) atoms. The third-order valence-corrected chi connectivity index (χ3v) is 2.37. The first-order chi connectivity index (χ1) is 8.65. The normalized spacial score (nSPS) is 14.5. The van der Waals surface area contributed by atoms with E-state index >= 15 is 0 Å². The summed E-state index contributed by atoms with van der Waals surface area (Å²) in [7, 11) is 0. The van der Waals surface area contributed by atoms with Gasteiger partial charge in [-0.15, -0.1) is 0 Å². The van der Waals surface area contributed by atoms with E-state index < -0.39 is 29.5 Å². The van der Waals surface area contributed by atoms with Crippen LogP contribution in [-0.4, -0.2) is 27.6 Å². The first kappa shape index (κ1) is 15.1. The van der Waals surface area contributed by atoms with E-state index in [2.05, 4.69) is 4.98 Å². The van der Waals surface area contributed by atoms with Crippen molar-refractivity contribution >= 4 is 11.9 Å². The van der Waals surface area contributed by atoms with E-state index in [9.17, 15) is 9.59 Å². The Hall–Kier alpha value is -1.95. The van der Waals surface area contributed by atoms with Crippen LogP contribution in [0.1, 0.15) is 32.8 Å². The Kier molecular flexibility index (Phi) is 4.26. The maximum Gasteiger partial charge on any atom is 0.331 e. The molecule has 0 saturated carbocycles. The molecular weight excluding hydrogens is 248 g/mol. The summed E-state index contributed by atoms with van der Waals surface area (Å²) in [6.45, 7) is 5.07. The number of ether oxygens (including phenoxy) is 1. The van der Waals surface area contributed by atoms with E-state index in [1.165, 1.54) is 12.4 Å². The highest BCUT2D eigenvalue weighted by atomic mass is 16.6. The Morgan fingerprint density at radius 3 is 2.47 bits per heavy atom. The molecule has 6 heteroatoms. The molecule has 1 heterocycles. The lowest BCUT2D eigenvalue weighted by atomic mass is 9.88. The fraction of sp³-hybridized carbons (Fsp3) is 0.462. The molecule has 0 saturated heterocycles. The molecule has 0 spiro atoms. The average molecular weight is 266 g/mol. The van der Waals surface area contributed by atoms with Crippen molar-refractivity contribution in [3.05, 3.63) is 30.1 Å². The number of aliphatic carboxylic acids is 1. The SMILES string of the molecule is CC(C)(C)OC(=O)C(N)(CC(=O)O)c1cccnc1. The van der Waals surface area contributed by atoms with Gasteiger partial charge in [-0.05, 0) is 26.8 Å². The van der Waals surface area contributed by atoms with Gasteiger partial charge in [0.05, 0.1) is 6.42 Å². The molecule has 1 atom stereocenters. The van der Waals surface area contributed by atoms with Crippen molar-refractivity contribution in [1.82, 2.24) is 4.98 Å². The lowest BCUT2D eigenvalue weighted by Gasteiger charge is -2.30. The van der Waals surface area contributed by atoms with Crippen molar-refractivity contribution in [3.63, 3.8) is 0 Å². The van der Waals surface area contributed by atoms with Gasteiger partial charge in [0.25, 0.3) is 0 Å². The quantitative estimate of drug-likeness (QED) is 0.790. The van der Waals surface area contributed by atoms with Crippen LogP contribution in [0.25, 0.3) is 0 Å². The van der Waals surface area contributed by atoms with Crippen LogP contribution in [0.15, 0.2) is 24.5 Å². The number of nitrogens with zero attached hydrogens (tertiary/aromatic N) is 1. The number of hydrogen-bond acceptors (Lipinski definition) is 5. The number of carboxylic acids is 1. The monoisotopic (exact) mass is 266 g/mol. The Labute approximate surface area is 111 Å². The molecule has 3 N–H and O–H groups in total. The highest BCUT2D eigenvalue weighted by molar-refractivity contribution is 5.87. The van der Waals surface area contributed by atoms with Gasteiger partial charge < -0.3 is 15.6 Å². The molecular formula is C13H18N2O4. The number of carbonyl (C=O) groups excluding carboxylic acids is 1. The molecule has 0 radical (unpaired) electrons. The zero-order chi connectivity index (χ0) is 14.7. The van der Waals surface area contributed by atoms with Crippen molar-refractivity contribution in [1.29, 1.82) is 0 Å². The first-order valence-corrected chi connectivity index (χ1v) is 5.80. The molecule has 1 unspecified atom stereocenters. The minimum absolute atomic E-state index is 0.312. The van der Waals surface area contributed by atoms with Gasteiger partial charge >= 0.3 is 11.9 Å². The number of carboxylic acid groups (broad SMARTS) is 1. The lowest BCUT2D eigenvalue weighted by Crippen LogP contribution is -2.49. The van der Waals surface area contributed by atoms with Crippen LogP contribution in [0, 0.1) is 0 Å². The third kappa shape index (κ3) is 4.03. The summed E-state index contributed by atoms with van der Waals surface area (Å²) in [5.41, 5.74) is 3.80. The molecule has 104 valence electrons. The summed E-state index contributed by atoms with van der Waals surface area (Å²) in [5.74, 6) is -1.97. The maximum atomic E-state index is 12.2. The smallest absolute Gasteiger partial charge is 0.331 e. The number of pyridine rings is 1. The average Bonchev–Trinajstić information content (AvgIpc) is 2.26. The molecule has 0 amide bonds. The van der Waals surface area contributed by atoms with Gasteiger partial charge in [-0.2, -0.15) is 0 Å². The number of hydrogen-bond donors (Lipinski definition) is 2. The van der Waals surface area contributed by atoms with Crippen molar-refractivity contribution < 1.29 is 19.4 Å². The molecule has 1 aromatic heterocycles. The zero-order valence-electron chi connectivity index (χ0n) is 11.2. The summed E-state index contributed by atoms with van der Waals surface area (Å²) in [5, 5.41) is 8.95. The molecule has 0 aromatic carbocycles. The summed E-state index contributed by atoms with van der Waals surface area (Å²) < 4.78 is 5.20. The fourth-order valence-corrected chi connectivity index (χ4v) is 1.53. The second kappa shape index (κ2) is 5.36. The molecule has 0 aliphatic heterocycles. The predicted molar refractivity (Wildman–Crippen MR) is 68.2 cm³/mol. The van der Waals surface area contributed by atoms with Crippen LogP contribution >= 0.6 is 0 Å². The molecule has 0 aliphatic carbocycles. The van der Waals surface area contributed by atoms with Crippen LogP contribution in [0.2, 0.25) is 0 Å². The Bertz CT molecular complexity index is 467. The summed E-state index contributed by atoms with van der Waals surface area (Å²) in [4.78, 5) is 27.0. The predicted octanol–water partition coefficient (Wildman–Crippen LogP) is 1.05. The Morgan fingerprint density at radius 2 is 2.05 bits per heavy atom. The summed E-state index contributed by atoms with van der Waals surface area (Å²) >= 11 is 0. The van der Waals surface area contributed by atoms with Crippen molar-refractivity contribution in [2.45, 2.75) is 38.3 Å². The van der Waals surface area contributed by atoms with E-state index in [-0.39, 0.29) is 0 Å². The van der Waals surface area contributed by atoms with Gasteiger partial charge in [0.15, 0.2) is 5.54 Å². The molecule has 6 nitrogen and oxygen atoms in total. The van der Waals surface area contributed by atoms with Crippen molar-refractivity contribution in [2.24, 2.45) is 5.73 Å². The standard InChI is InChI=1S/C13H18N2O4/c1-12(2,3)19-11(18)13(14,7-10(16)17)9-5-4-6-15-8-9/h4-6,8H,7,14H2,1-3H3,(H,16,17). The van der Waals surface area contributed by atoms with Crippen molar-refractivity contribution in [3.8, 4) is 0 Å². The number of nitrogens with two attached hydrogens (primary N) is 1. The second-order valence-corrected chi connectivity index (χ2v) is 5.29. The van der Waals surface area contributed by atoms with Crippen LogP contribution in [0.4, 0.5) is 0 Å². The number of carbonyl (C=O) groups is 2. The van der Waals surface area contributed by atoms with Gasteiger partial charge in [-0.3, -0.25) is 9.78 Å². The Balaban J connectivity index is 3.14. The fourth-order valence-electron chi connectivity index (χ4n) is 1.53. The third-order valence-electron chi connectivity index (χ3n) is 2.37. The molecule has 0 fully saturated rings. The van der Waals surface area contributed by atoms with Gasteiger partial charge in [-0.25, -0.2) is 4.79 Å². The highest BCUT2D eigenvalue weighted by Gasteiger charge is 2.42. The number of aromatic nitrogens is 1. The van der Waals surface area contributed by atoms with E-state index in [1.807, 2.05) is 0 Å². The van der Waals surface area contributed by atoms with Crippen LogP contribution in [-0.2, 0) is 19.9 Å². The van der Waals surface area contributed by atoms with E-state index in [0.29, 0.717) is 5.56 Å². The minimum atomic E-state index is -1.74. The Morgan fingerprint density at radius 1 is 1.42 bits per heavy atom. The van der Waals surface area contributed by atoms with Gasteiger partial charge in [0, 0.05) is 18.0 Å². The van der Waals surface area contributed by atoms with Crippen LogP contribution in [0.3, 0.4) is 0 Å². The molecule has 1 aromatic rings. The van der Waals surface area contributed by atoms with Gasteiger partial charge in [0.1, 0.15) is 5.60 Å². The van der Waals surface area contributed by atoms with Crippen LogP contribution < -0.4 is 5.73 Å². The maximum absolute atomic E-state index is 12.2. The second-order valence-electron chi connectivity index (χ2n) is 5.29. The number of rotatable bonds is 4. The molecule has 1 rings (SSSR count). The lowest BCUT2D eigenvalue weighted by molar-refractivity contribution is -0.165. The highest BCUT2D eigenvalue weighted by Crippen LogP contribution is 2.25. The van der Waals surface area contributed by atoms with Gasteiger partial charge in [0.2, 0.25) is 0 Å². The minimum Gasteiger partial charge on any atom is -0.481 e. The molecule has 0 aliphatic rings. The first-order valence-electron chi connectivity index (χ1n) is 5.80. The van der Waals surface area contributed by atoms with E-state index in [4.69, 9.17) is 15.6 Å². The zero-order valence-corrected chi connectivity index (χ0v) is 11.2. The van der Waals surface area contributed by atoms with Gasteiger partial charge in [-0.1, -0.05) is 6.07 Å². The topological polar surface area (TPSA) is 103 Å². The van der Waals surface area contributed by atoms with Crippen molar-refractivity contribution in [2.75, 3.05) is 0 Å². The van der Waals surface area contributed by atoms with Crippen LogP contribution in [0.5, 0.6) is 0 Å². The largest absolute Gasteiger partial charge is 0.481 e. The summed E-state index contributed by atoms with van der Waals surface area (Å²) in [6.07, 6.45) is 2.32. The molecule has 0 bridgehead atoms. The van der Waals surface area contributed by atoms with E-state index in [0.717, 1.165) is 0 Å². The summed E-state index contributed by atoms with van der Waals surface area (Å²) in [6, 6.07) is 3.14. The van der Waals surface area contributed by atoms with E-state index in [1.54, 1.807) is 32.9 Å².